The number of pyridine rings is 1. The van der Waals surface area contributed by atoms with Gasteiger partial charge < -0.3 is 4.90 Å². The Kier molecular flexibility index (Phi) is 7.44. The quantitative estimate of drug-likeness (QED) is 0.390. The fraction of sp³-hybridized carbons (Fsp3) is 0.448. The van der Waals surface area contributed by atoms with Crippen LogP contribution >= 0.6 is 0 Å². The van der Waals surface area contributed by atoms with E-state index in [0.717, 1.165) is 37.7 Å². The number of hydrogen-bond acceptors (Lipinski definition) is 4. The molecule has 0 radical (unpaired) electrons. The van der Waals surface area contributed by atoms with Crippen LogP contribution < -0.4 is 0 Å². The molecule has 1 aromatic carbocycles. The van der Waals surface area contributed by atoms with Gasteiger partial charge in [0, 0.05) is 31.4 Å². The molecule has 1 atom stereocenters. The predicted octanol–water partition coefficient (Wildman–Crippen LogP) is 5.62. The number of piperidine rings is 1. The van der Waals surface area contributed by atoms with Gasteiger partial charge in [0.15, 0.2) is 5.78 Å². The lowest BCUT2D eigenvalue weighted by Crippen LogP contribution is -2.40. The average Bonchev–Trinajstić information content (AvgIpc) is 3.29. The van der Waals surface area contributed by atoms with Crippen molar-refractivity contribution in [2.24, 2.45) is 0 Å². The summed E-state index contributed by atoms with van der Waals surface area (Å²) in [6, 6.07) is 13.6. The summed E-state index contributed by atoms with van der Waals surface area (Å²) < 4.78 is 27.2. The summed E-state index contributed by atoms with van der Waals surface area (Å²) in [6.45, 7) is 2.79. The zero-order chi connectivity index (χ0) is 25.9. The molecule has 2 aliphatic rings. The molecule has 0 unspecified atom stereocenters. The number of likely N-dealkylation sites (tertiary alicyclic amines) is 1. The largest absolute Gasteiger partial charge is 0.341 e. The number of halogens is 2. The summed E-state index contributed by atoms with van der Waals surface area (Å²) in [4.78, 5) is 32.1. The Morgan fingerprint density at radius 3 is 2.62 bits per heavy atom. The van der Waals surface area contributed by atoms with Gasteiger partial charge in [-0.25, -0.2) is 8.78 Å². The van der Waals surface area contributed by atoms with Crippen LogP contribution in [0.3, 0.4) is 0 Å². The SMILES string of the molecule is Cc1cc(C(F)F)nn1CC(=O)N1CCC(c2ccnc(C(=O)C[C@@H]3CCCc4ccccc43)c2)CC1. The number of rotatable bonds is 7. The maximum Gasteiger partial charge on any atom is 0.282 e. The summed E-state index contributed by atoms with van der Waals surface area (Å²) >= 11 is 0. The van der Waals surface area contributed by atoms with Crippen molar-refractivity contribution >= 4 is 11.7 Å². The number of fused-ring (bicyclic) bond motifs is 1. The lowest BCUT2D eigenvalue weighted by Gasteiger charge is -2.32. The third-order valence-corrected chi connectivity index (χ3v) is 7.82. The monoisotopic (exact) mass is 506 g/mol. The zero-order valence-electron chi connectivity index (χ0n) is 21.1. The van der Waals surface area contributed by atoms with Crippen LogP contribution in [0.15, 0.2) is 48.7 Å². The molecule has 0 saturated carbocycles. The number of ketones is 1. The van der Waals surface area contributed by atoms with E-state index in [0.29, 0.717) is 30.9 Å². The highest BCUT2D eigenvalue weighted by Gasteiger charge is 2.27. The van der Waals surface area contributed by atoms with Crippen LogP contribution in [0.5, 0.6) is 0 Å². The van der Waals surface area contributed by atoms with Crippen LogP contribution in [0.4, 0.5) is 8.78 Å². The molecule has 1 saturated heterocycles. The van der Waals surface area contributed by atoms with E-state index in [1.54, 1.807) is 18.0 Å². The van der Waals surface area contributed by atoms with E-state index in [-0.39, 0.29) is 35.8 Å². The van der Waals surface area contributed by atoms with E-state index >= 15 is 0 Å². The molecule has 3 heterocycles. The van der Waals surface area contributed by atoms with Gasteiger partial charge >= 0.3 is 0 Å². The van der Waals surface area contributed by atoms with Crippen molar-refractivity contribution in [3.05, 3.63) is 82.4 Å². The third kappa shape index (κ3) is 5.63. The van der Waals surface area contributed by atoms with Crippen LogP contribution in [0, 0.1) is 6.92 Å². The number of nitrogens with zero attached hydrogens (tertiary/aromatic N) is 4. The molecule has 6 nitrogen and oxygen atoms in total. The first-order valence-electron chi connectivity index (χ1n) is 13.1. The second-order valence-electron chi connectivity index (χ2n) is 10.2. The maximum absolute atomic E-state index is 13.2. The Hall–Kier alpha value is -3.42. The predicted molar refractivity (Wildman–Crippen MR) is 136 cm³/mol. The van der Waals surface area contributed by atoms with Crippen molar-refractivity contribution in [2.75, 3.05) is 13.1 Å². The lowest BCUT2D eigenvalue weighted by atomic mass is 9.80. The molecule has 37 heavy (non-hydrogen) atoms. The van der Waals surface area contributed by atoms with E-state index < -0.39 is 6.43 Å². The summed E-state index contributed by atoms with van der Waals surface area (Å²) in [7, 11) is 0. The number of carbonyl (C=O) groups excluding carboxylic acids is 2. The number of hydrogen-bond donors (Lipinski definition) is 0. The number of alkyl halides is 2. The smallest absolute Gasteiger partial charge is 0.282 e. The van der Waals surface area contributed by atoms with Gasteiger partial charge in [-0.2, -0.15) is 5.10 Å². The topological polar surface area (TPSA) is 68.1 Å². The molecule has 0 N–H and O–H groups in total. The van der Waals surface area contributed by atoms with Crippen molar-refractivity contribution in [3.63, 3.8) is 0 Å². The molecule has 3 aromatic rings. The molecule has 1 amide bonds. The Morgan fingerprint density at radius 1 is 1.08 bits per heavy atom. The molecule has 5 rings (SSSR count). The van der Waals surface area contributed by atoms with Crippen LogP contribution in [0.1, 0.15) is 88.9 Å². The standard InChI is InChI=1S/C29H32F2N4O2/c1-19-15-26(29(30)31)33-35(19)18-28(37)34-13-10-20(11-14-34)22-9-12-32-25(16-22)27(36)17-23-7-4-6-21-5-2-3-8-24(21)23/h2-3,5,8-9,12,15-16,20,23,29H,4,6-7,10-11,13-14,17-18H2,1H3/t23-/m0/s1. The van der Waals surface area contributed by atoms with E-state index in [4.69, 9.17) is 0 Å². The Labute approximate surface area is 215 Å². The van der Waals surface area contributed by atoms with Crippen LogP contribution in [-0.4, -0.2) is 44.4 Å². The lowest BCUT2D eigenvalue weighted by molar-refractivity contribution is -0.133. The second-order valence-corrected chi connectivity index (χ2v) is 10.2. The highest BCUT2D eigenvalue weighted by atomic mass is 19.3. The van der Waals surface area contributed by atoms with Gasteiger partial charge in [-0.1, -0.05) is 24.3 Å². The molecule has 1 fully saturated rings. The van der Waals surface area contributed by atoms with Gasteiger partial charge in [-0.05, 0) is 85.8 Å². The number of benzene rings is 1. The fourth-order valence-electron chi connectivity index (χ4n) is 5.74. The first-order chi connectivity index (χ1) is 17.9. The molecule has 0 bridgehead atoms. The van der Waals surface area contributed by atoms with Crippen molar-refractivity contribution in [1.29, 1.82) is 0 Å². The van der Waals surface area contributed by atoms with Gasteiger partial charge in [-0.3, -0.25) is 19.3 Å². The Morgan fingerprint density at radius 2 is 1.86 bits per heavy atom. The van der Waals surface area contributed by atoms with Crippen LogP contribution in [-0.2, 0) is 17.8 Å². The number of amides is 1. The minimum absolute atomic E-state index is 0.0403. The highest BCUT2D eigenvalue weighted by molar-refractivity contribution is 5.95. The minimum Gasteiger partial charge on any atom is -0.341 e. The number of aryl methyl sites for hydroxylation is 2. The zero-order valence-corrected chi connectivity index (χ0v) is 21.1. The summed E-state index contributed by atoms with van der Waals surface area (Å²) in [6.07, 6.45) is 4.30. The maximum atomic E-state index is 13.2. The van der Waals surface area contributed by atoms with Gasteiger partial charge in [0.2, 0.25) is 5.91 Å². The van der Waals surface area contributed by atoms with Crippen molar-refractivity contribution in [3.8, 4) is 0 Å². The third-order valence-electron chi connectivity index (χ3n) is 7.82. The fourth-order valence-corrected chi connectivity index (χ4v) is 5.74. The first kappa shape index (κ1) is 25.2. The average molecular weight is 507 g/mol. The molecule has 0 spiro atoms. The van der Waals surface area contributed by atoms with Crippen LogP contribution in [0.2, 0.25) is 0 Å². The number of Topliss-reactive ketones (excluding diaryl/α,β-unsaturated/α-hetero) is 1. The van der Waals surface area contributed by atoms with E-state index in [2.05, 4.69) is 34.3 Å². The first-order valence-corrected chi connectivity index (χ1v) is 13.1. The molecular weight excluding hydrogens is 474 g/mol. The van der Waals surface area contributed by atoms with Gasteiger partial charge in [0.1, 0.15) is 17.9 Å². The molecule has 8 heteroatoms. The van der Waals surface area contributed by atoms with Crippen LogP contribution in [0.25, 0.3) is 0 Å². The number of carbonyl (C=O) groups is 2. The van der Waals surface area contributed by atoms with Gasteiger partial charge in [-0.15, -0.1) is 0 Å². The van der Waals surface area contributed by atoms with Crippen molar-refractivity contribution < 1.29 is 18.4 Å². The number of aromatic nitrogens is 3. The van der Waals surface area contributed by atoms with E-state index in [9.17, 15) is 18.4 Å². The highest BCUT2D eigenvalue weighted by Crippen LogP contribution is 2.35. The van der Waals surface area contributed by atoms with Gasteiger partial charge in [0.05, 0.1) is 0 Å². The van der Waals surface area contributed by atoms with Crippen molar-refractivity contribution in [1.82, 2.24) is 19.7 Å². The molecule has 2 aromatic heterocycles. The normalized spacial score (nSPS) is 18.2. The Bertz CT molecular complexity index is 1280. The van der Waals surface area contributed by atoms with E-state index in [1.807, 2.05) is 12.1 Å². The van der Waals surface area contributed by atoms with E-state index in [1.165, 1.54) is 21.9 Å². The summed E-state index contributed by atoms with van der Waals surface area (Å²) in [5, 5.41) is 3.87. The molecular formula is C29H32F2N4O2. The van der Waals surface area contributed by atoms with Gasteiger partial charge in [0.25, 0.3) is 6.43 Å². The van der Waals surface area contributed by atoms with Crippen molar-refractivity contribution in [2.45, 2.75) is 70.3 Å². The molecule has 194 valence electrons. The molecule has 1 aliphatic heterocycles. The Balaban J connectivity index is 1.18. The molecule has 1 aliphatic carbocycles. The second kappa shape index (κ2) is 10.9. The summed E-state index contributed by atoms with van der Waals surface area (Å²) in [5.41, 5.74) is 4.49. The summed E-state index contributed by atoms with van der Waals surface area (Å²) in [5.74, 6) is 0.441. The minimum atomic E-state index is -2.65.